The molecule has 8 nitrogen and oxygen atoms in total. The van der Waals surface area contributed by atoms with Gasteiger partial charge in [0.15, 0.2) is 6.61 Å². The van der Waals surface area contributed by atoms with E-state index in [1.54, 1.807) is 11.1 Å². The molecule has 2 N–H and O–H groups in total. The fourth-order valence-corrected chi connectivity index (χ4v) is 3.86. The van der Waals surface area contributed by atoms with Gasteiger partial charge in [0.05, 0.1) is 19.3 Å². The summed E-state index contributed by atoms with van der Waals surface area (Å²) in [5.41, 5.74) is 1.63. The quantitative estimate of drug-likeness (QED) is 0.791. The zero-order valence-corrected chi connectivity index (χ0v) is 16.8. The van der Waals surface area contributed by atoms with E-state index in [4.69, 9.17) is 9.47 Å². The molecule has 1 aromatic heterocycles. The van der Waals surface area contributed by atoms with Gasteiger partial charge in [-0.25, -0.2) is 9.97 Å². The van der Waals surface area contributed by atoms with Crippen molar-refractivity contribution in [2.45, 2.75) is 44.8 Å². The van der Waals surface area contributed by atoms with Crippen molar-refractivity contribution in [3.63, 3.8) is 0 Å². The van der Waals surface area contributed by atoms with Crippen LogP contribution in [-0.4, -0.2) is 70.9 Å². The van der Waals surface area contributed by atoms with E-state index in [0.29, 0.717) is 43.5 Å². The zero-order valence-electron chi connectivity index (χ0n) is 16.8. The molecule has 1 saturated carbocycles. The van der Waals surface area contributed by atoms with Crippen molar-refractivity contribution in [2.75, 3.05) is 38.2 Å². The number of carbonyl (C=O) groups is 1. The molecule has 2 fully saturated rings. The highest BCUT2D eigenvalue weighted by molar-refractivity contribution is 5.86. The number of carbonyl (C=O) groups excluding carboxylic acids is 1. The Labute approximate surface area is 170 Å². The molecule has 1 aliphatic carbocycles. The molecule has 1 saturated heterocycles. The summed E-state index contributed by atoms with van der Waals surface area (Å²) in [5, 5.41) is 13.9. The van der Waals surface area contributed by atoms with Gasteiger partial charge in [0.2, 0.25) is 5.95 Å². The molecule has 156 valence electrons. The fourth-order valence-electron chi connectivity index (χ4n) is 3.86. The number of hydrogen-bond acceptors (Lipinski definition) is 7. The lowest BCUT2D eigenvalue weighted by Crippen LogP contribution is -2.43. The lowest BCUT2D eigenvalue weighted by molar-refractivity contribution is -0.137. The van der Waals surface area contributed by atoms with E-state index in [9.17, 15) is 9.90 Å². The molecule has 0 spiro atoms. The number of aromatic nitrogens is 2. The lowest BCUT2D eigenvalue weighted by atomic mass is 9.93. The third kappa shape index (κ3) is 4.76. The van der Waals surface area contributed by atoms with E-state index < -0.39 is 0 Å². The summed E-state index contributed by atoms with van der Waals surface area (Å²) in [6, 6.07) is 4.17. The molecule has 8 heteroatoms. The molecule has 2 aromatic rings. The Morgan fingerprint density at radius 1 is 1.28 bits per heavy atom. The Balaban J connectivity index is 1.49. The smallest absolute Gasteiger partial charge is 0.260 e. The van der Waals surface area contributed by atoms with Crippen molar-refractivity contribution in [2.24, 2.45) is 0 Å². The van der Waals surface area contributed by atoms with Crippen molar-refractivity contribution >= 4 is 22.8 Å². The van der Waals surface area contributed by atoms with Crippen molar-refractivity contribution in [3.05, 3.63) is 23.9 Å². The first-order valence-electron chi connectivity index (χ1n) is 10.3. The van der Waals surface area contributed by atoms with Crippen LogP contribution >= 0.6 is 0 Å². The van der Waals surface area contributed by atoms with Gasteiger partial charge in [-0.3, -0.25) is 4.79 Å². The Bertz CT molecular complexity index is 861. The summed E-state index contributed by atoms with van der Waals surface area (Å²) >= 11 is 0. The largest absolute Gasteiger partial charge is 0.481 e. The molecule has 0 atom stereocenters. The maximum Gasteiger partial charge on any atom is 0.260 e. The van der Waals surface area contributed by atoms with E-state index in [2.05, 4.69) is 15.3 Å². The molecule has 1 aliphatic heterocycles. The van der Waals surface area contributed by atoms with Gasteiger partial charge in [-0.1, -0.05) is 12.1 Å². The third-order valence-corrected chi connectivity index (χ3v) is 5.64. The summed E-state index contributed by atoms with van der Waals surface area (Å²) in [4.78, 5) is 23.3. The summed E-state index contributed by atoms with van der Waals surface area (Å²) in [7, 11) is 0. The Morgan fingerprint density at radius 3 is 2.79 bits per heavy atom. The minimum atomic E-state index is -0.197. The number of ether oxygens (including phenoxy) is 2. The number of hydrogen-bond donors (Lipinski definition) is 2. The monoisotopic (exact) mass is 400 g/mol. The molecule has 2 heterocycles. The first kappa shape index (κ1) is 19.8. The average molecular weight is 400 g/mol. The first-order chi connectivity index (χ1) is 14.1. The maximum absolute atomic E-state index is 12.5. The number of morpholine rings is 1. The molecule has 0 radical (unpaired) electrons. The van der Waals surface area contributed by atoms with E-state index in [1.807, 2.05) is 19.1 Å². The number of aliphatic hydroxyl groups is 1. The predicted octanol–water partition coefficient (Wildman–Crippen LogP) is 1.89. The predicted molar refractivity (Wildman–Crippen MR) is 109 cm³/mol. The van der Waals surface area contributed by atoms with Gasteiger partial charge in [0.1, 0.15) is 11.3 Å². The van der Waals surface area contributed by atoms with Crippen LogP contribution in [0.3, 0.4) is 0 Å². The second-order valence-electron chi connectivity index (χ2n) is 7.77. The number of aryl methyl sites for hydroxylation is 1. The zero-order chi connectivity index (χ0) is 20.2. The van der Waals surface area contributed by atoms with Crippen LogP contribution in [0.2, 0.25) is 0 Å². The molecule has 0 bridgehead atoms. The first-order valence-corrected chi connectivity index (χ1v) is 10.3. The van der Waals surface area contributed by atoms with Gasteiger partial charge in [0.25, 0.3) is 5.91 Å². The van der Waals surface area contributed by atoms with Crippen LogP contribution in [0.1, 0.15) is 31.2 Å². The minimum absolute atomic E-state index is 0.0206. The number of anilines is 1. The summed E-state index contributed by atoms with van der Waals surface area (Å²) in [5.74, 6) is 1.13. The van der Waals surface area contributed by atoms with Crippen LogP contribution in [0.25, 0.3) is 10.9 Å². The average Bonchev–Trinajstić information content (AvgIpc) is 2.75. The normalized spacial score (nSPS) is 22.5. The molecular formula is C21H28N4O4. The van der Waals surface area contributed by atoms with E-state index in [-0.39, 0.29) is 24.7 Å². The number of aliphatic hydroxyl groups excluding tert-OH is 1. The number of nitrogens with zero attached hydrogens (tertiary/aromatic N) is 3. The van der Waals surface area contributed by atoms with Crippen LogP contribution in [0, 0.1) is 6.92 Å². The molecule has 0 unspecified atom stereocenters. The van der Waals surface area contributed by atoms with Gasteiger partial charge < -0.3 is 24.8 Å². The Kier molecular flexibility index (Phi) is 6.10. The van der Waals surface area contributed by atoms with Crippen molar-refractivity contribution in [1.29, 1.82) is 0 Å². The second kappa shape index (κ2) is 8.92. The van der Waals surface area contributed by atoms with Gasteiger partial charge >= 0.3 is 0 Å². The van der Waals surface area contributed by atoms with Crippen molar-refractivity contribution in [1.82, 2.24) is 14.9 Å². The summed E-state index contributed by atoms with van der Waals surface area (Å²) in [6.07, 6.45) is 4.96. The number of rotatable bonds is 5. The molecule has 4 rings (SSSR count). The molecule has 1 aromatic carbocycles. The minimum Gasteiger partial charge on any atom is -0.481 e. The van der Waals surface area contributed by atoms with Crippen LogP contribution in [0.15, 0.2) is 18.3 Å². The molecule has 29 heavy (non-hydrogen) atoms. The van der Waals surface area contributed by atoms with E-state index in [1.165, 1.54) is 0 Å². The van der Waals surface area contributed by atoms with Gasteiger partial charge in [-0.2, -0.15) is 0 Å². The Hall–Kier alpha value is -2.45. The van der Waals surface area contributed by atoms with Crippen LogP contribution < -0.4 is 10.1 Å². The van der Waals surface area contributed by atoms with Gasteiger partial charge in [-0.05, 0) is 38.2 Å². The van der Waals surface area contributed by atoms with Gasteiger partial charge in [-0.15, -0.1) is 0 Å². The fraction of sp³-hybridized carbons (Fsp3) is 0.571. The molecule has 2 aliphatic rings. The number of amides is 1. The van der Waals surface area contributed by atoms with Crippen molar-refractivity contribution < 1.29 is 19.4 Å². The van der Waals surface area contributed by atoms with Crippen LogP contribution in [0.4, 0.5) is 5.95 Å². The number of fused-ring (bicyclic) bond motifs is 1. The summed E-state index contributed by atoms with van der Waals surface area (Å²) in [6.45, 7) is 4.27. The highest BCUT2D eigenvalue weighted by atomic mass is 16.5. The van der Waals surface area contributed by atoms with Crippen LogP contribution in [-0.2, 0) is 9.53 Å². The maximum atomic E-state index is 12.5. The standard InChI is InChI=1S/C21H28N4O4/c1-14-2-3-15-12-22-21(23-16-4-6-17(26)7-5-16)24-19(15)20(14)29-13-18(27)25-8-10-28-11-9-25/h2-3,12,16-17,26H,4-11,13H2,1H3,(H,22,23,24). The molecular weight excluding hydrogens is 372 g/mol. The lowest BCUT2D eigenvalue weighted by Gasteiger charge is -2.27. The Morgan fingerprint density at radius 2 is 2.03 bits per heavy atom. The summed E-state index contributed by atoms with van der Waals surface area (Å²) < 4.78 is 11.2. The SMILES string of the molecule is Cc1ccc2cnc(NC3CCC(O)CC3)nc2c1OCC(=O)N1CCOCC1. The molecule has 1 amide bonds. The van der Waals surface area contributed by atoms with Crippen molar-refractivity contribution in [3.8, 4) is 5.75 Å². The third-order valence-electron chi connectivity index (χ3n) is 5.64. The second-order valence-corrected chi connectivity index (χ2v) is 7.77. The van der Waals surface area contributed by atoms with E-state index >= 15 is 0 Å². The highest BCUT2D eigenvalue weighted by Crippen LogP contribution is 2.29. The topological polar surface area (TPSA) is 96.8 Å². The van der Waals surface area contributed by atoms with Gasteiger partial charge in [0, 0.05) is 30.7 Å². The van der Waals surface area contributed by atoms with E-state index in [0.717, 1.165) is 36.6 Å². The number of nitrogens with one attached hydrogen (secondary N) is 1. The number of benzene rings is 1. The van der Waals surface area contributed by atoms with Crippen LogP contribution in [0.5, 0.6) is 5.75 Å². The highest BCUT2D eigenvalue weighted by Gasteiger charge is 2.21.